The highest BCUT2D eigenvalue weighted by molar-refractivity contribution is 5.86. The maximum Gasteiger partial charge on any atom is 0.0732 e. The quantitative estimate of drug-likeness (QED) is 0.690. The van der Waals surface area contributed by atoms with Crippen molar-refractivity contribution >= 4 is 10.9 Å². The summed E-state index contributed by atoms with van der Waals surface area (Å²) in [6, 6.07) is 15.8. The van der Waals surface area contributed by atoms with E-state index in [1.165, 1.54) is 38.9 Å². The van der Waals surface area contributed by atoms with Crippen molar-refractivity contribution in [3.8, 4) is 0 Å². The molecule has 1 aliphatic rings. The molecule has 2 nitrogen and oxygen atoms in total. The van der Waals surface area contributed by atoms with Gasteiger partial charge in [-0.25, -0.2) is 0 Å². The van der Waals surface area contributed by atoms with Crippen molar-refractivity contribution in [2.24, 2.45) is 0 Å². The summed E-state index contributed by atoms with van der Waals surface area (Å²) in [5, 5.41) is 5.05. The normalized spacial score (nSPS) is 17.9. The van der Waals surface area contributed by atoms with Crippen molar-refractivity contribution in [1.82, 2.24) is 10.3 Å². The molecule has 1 aliphatic heterocycles. The fraction of sp³-hybridized carbons (Fsp3) is 0.263. The van der Waals surface area contributed by atoms with Crippen LogP contribution in [0.4, 0.5) is 0 Å². The summed E-state index contributed by atoms with van der Waals surface area (Å²) < 4.78 is 0. The molecule has 0 spiro atoms. The van der Waals surface area contributed by atoms with Crippen molar-refractivity contribution in [1.29, 1.82) is 0 Å². The van der Waals surface area contributed by atoms with Gasteiger partial charge in [-0.05, 0) is 43.5 Å². The van der Waals surface area contributed by atoms with Crippen LogP contribution in [0, 0.1) is 13.8 Å². The number of nitrogens with one attached hydrogen (secondary N) is 2. The molecule has 2 heteroatoms. The molecule has 4 rings (SSSR count). The van der Waals surface area contributed by atoms with Crippen LogP contribution in [0.1, 0.15) is 34.0 Å². The van der Waals surface area contributed by atoms with Crippen LogP contribution in [0.25, 0.3) is 10.9 Å². The molecule has 21 heavy (non-hydrogen) atoms. The Labute approximate surface area is 125 Å². The third-order valence-electron chi connectivity index (χ3n) is 4.52. The van der Waals surface area contributed by atoms with Gasteiger partial charge in [0.2, 0.25) is 0 Å². The van der Waals surface area contributed by atoms with Gasteiger partial charge < -0.3 is 10.3 Å². The largest absolute Gasteiger partial charge is 0.357 e. The minimum atomic E-state index is 0.280. The number of H-pyrrole nitrogens is 1. The van der Waals surface area contributed by atoms with Crippen LogP contribution >= 0.6 is 0 Å². The first-order valence-electron chi connectivity index (χ1n) is 7.63. The van der Waals surface area contributed by atoms with Gasteiger partial charge in [-0.2, -0.15) is 0 Å². The van der Waals surface area contributed by atoms with Crippen molar-refractivity contribution in [2.75, 3.05) is 6.54 Å². The summed E-state index contributed by atoms with van der Waals surface area (Å²) in [6.45, 7) is 5.33. The van der Waals surface area contributed by atoms with Gasteiger partial charge in [0.1, 0.15) is 0 Å². The number of fused-ring (bicyclic) bond motifs is 3. The number of benzene rings is 2. The van der Waals surface area contributed by atoms with Crippen molar-refractivity contribution in [2.45, 2.75) is 26.3 Å². The first-order chi connectivity index (χ1) is 10.2. The van der Waals surface area contributed by atoms with Gasteiger partial charge >= 0.3 is 0 Å². The van der Waals surface area contributed by atoms with E-state index in [-0.39, 0.29) is 6.04 Å². The van der Waals surface area contributed by atoms with Crippen molar-refractivity contribution in [3.63, 3.8) is 0 Å². The topological polar surface area (TPSA) is 27.8 Å². The van der Waals surface area contributed by atoms with Gasteiger partial charge in [-0.15, -0.1) is 0 Å². The molecule has 0 radical (unpaired) electrons. The Hall–Kier alpha value is -2.06. The van der Waals surface area contributed by atoms with Gasteiger partial charge in [0.25, 0.3) is 0 Å². The molecule has 0 saturated carbocycles. The summed E-state index contributed by atoms with van der Waals surface area (Å²) in [5.41, 5.74) is 8.05. The second-order valence-corrected chi connectivity index (χ2v) is 6.11. The van der Waals surface area contributed by atoms with E-state index < -0.39 is 0 Å². The Bertz CT molecular complexity index is 796. The second-order valence-electron chi connectivity index (χ2n) is 6.11. The third-order valence-corrected chi connectivity index (χ3v) is 4.52. The molecule has 0 fully saturated rings. The average molecular weight is 276 g/mol. The Morgan fingerprint density at radius 1 is 0.952 bits per heavy atom. The molecule has 0 unspecified atom stereocenters. The number of aromatic nitrogens is 1. The highest BCUT2D eigenvalue weighted by Gasteiger charge is 2.24. The number of rotatable bonds is 1. The van der Waals surface area contributed by atoms with Gasteiger partial charge in [-0.1, -0.05) is 41.5 Å². The maximum atomic E-state index is 3.66. The second kappa shape index (κ2) is 4.74. The monoisotopic (exact) mass is 276 g/mol. The molecule has 1 aromatic heterocycles. The molecule has 1 atom stereocenters. The van der Waals surface area contributed by atoms with Gasteiger partial charge in [0.05, 0.1) is 6.04 Å². The average Bonchev–Trinajstić information content (AvgIpc) is 2.86. The molecule has 0 bridgehead atoms. The molecule has 0 amide bonds. The molecule has 2 N–H and O–H groups in total. The van der Waals surface area contributed by atoms with Gasteiger partial charge in [0, 0.05) is 23.1 Å². The first-order valence-corrected chi connectivity index (χ1v) is 7.63. The van der Waals surface area contributed by atoms with E-state index in [4.69, 9.17) is 0 Å². The molecule has 106 valence electrons. The van der Waals surface area contributed by atoms with E-state index in [0.29, 0.717) is 0 Å². The minimum Gasteiger partial charge on any atom is -0.357 e. The summed E-state index contributed by atoms with van der Waals surface area (Å²) in [7, 11) is 0. The molecule has 0 aliphatic carbocycles. The fourth-order valence-corrected chi connectivity index (χ4v) is 3.39. The van der Waals surface area contributed by atoms with Crippen molar-refractivity contribution < 1.29 is 0 Å². The zero-order valence-corrected chi connectivity index (χ0v) is 12.5. The summed E-state index contributed by atoms with van der Waals surface area (Å²) >= 11 is 0. The standard InChI is InChI=1S/C19H20N2/c1-12-3-6-14(7-4-12)18-19-15(9-10-20-18)16-11-13(2)5-8-17(16)21-19/h3-8,11,18,20-21H,9-10H2,1-2H3/t18-/m1/s1. The molecule has 3 aromatic rings. The van der Waals surface area contributed by atoms with E-state index in [0.717, 1.165) is 13.0 Å². The fourth-order valence-electron chi connectivity index (χ4n) is 3.39. The molecular formula is C19H20N2. The maximum absolute atomic E-state index is 3.66. The molecular weight excluding hydrogens is 256 g/mol. The van der Waals surface area contributed by atoms with Crippen molar-refractivity contribution in [3.05, 3.63) is 70.4 Å². The predicted octanol–water partition coefficient (Wildman–Crippen LogP) is 4.02. The zero-order chi connectivity index (χ0) is 14.4. The lowest BCUT2D eigenvalue weighted by molar-refractivity contribution is 0.560. The molecule has 2 heterocycles. The van der Waals surface area contributed by atoms with E-state index in [2.05, 4.69) is 66.6 Å². The predicted molar refractivity (Wildman–Crippen MR) is 87.8 cm³/mol. The highest BCUT2D eigenvalue weighted by Crippen LogP contribution is 2.33. The van der Waals surface area contributed by atoms with E-state index in [1.807, 2.05) is 0 Å². The highest BCUT2D eigenvalue weighted by atomic mass is 15.0. The number of hydrogen-bond donors (Lipinski definition) is 2. The van der Waals surface area contributed by atoms with Gasteiger partial charge in [0.15, 0.2) is 0 Å². The number of aryl methyl sites for hydroxylation is 2. The lowest BCUT2D eigenvalue weighted by atomic mass is 9.94. The molecule has 0 saturated heterocycles. The molecule has 2 aromatic carbocycles. The van der Waals surface area contributed by atoms with Gasteiger partial charge in [-0.3, -0.25) is 0 Å². The van der Waals surface area contributed by atoms with Crippen LogP contribution in [0.3, 0.4) is 0 Å². The van der Waals surface area contributed by atoms with E-state index in [1.54, 1.807) is 0 Å². The Morgan fingerprint density at radius 3 is 2.52 bits per heavy atom. The number of aromatic amines is 1. The number of hydrogen-bond acceptors (Lipinski definition) is 1. The van der Waals surface area contributed by atoms with Crippen LogP contribution in [0.5, 0.6) is 0 Å². The van der Waals surface area contributed by atoms with Crippen LogP contribution in [-0.2, 0) is 6.42 Å². The first kappa shape index (κ1) is 12.7. The minimum absolute atomic E-state index is 0.280. The summed E-state index contributed by atoms with van der Waals surface area (Å²) in [4.78, 5) is 3.64. The van der Waals surface area contributed by atoms with E-state index in [9.17, 15) is 0 Å². The smallest absolute Gasteiger partial charge is 0.0732 e. The third kappa shape index (κ3) is 2.07. The summed E-state index contributed by atoms with van der Waals surface area (Å²) in [5.74, 6) is 0. The SMILES string of the molecule is Cc1ccc([C@H]2NCCc3c2[nH]c2ccc(C)cc32)cc1. The zero-order valence-electron chi connectivity index (χ0n) is 12.5. The van der Waals surface area contributed by atoms with Crippen LogP contribution in [0.15, 0.2) is 42.5 Å². The van der Waals surface area contributed by atoms with Crippen LogP contribution < -0.4 is 5.32 Å². The Balaban J connectivity index is 1.88. The lowest BCUT2D eigenvalue weighted by Gasteiger charge is -2.25. The lowest BCUT2D eigenvalue weighted by Crippen LogP contribution is -2.30. The Morgan fingerprint density at radius 2 is 1.71 bits per heavy atom. The van der Waals surface area contributed by atoms with Crippen LogP contribution in [-0.4, -0.2) is 11.5 Å². The van der Waals surface area contributed by atoms with E-state index >= 15 is 0 Å². The summed E-state index contributed by atoms with van der Waals surface area (Å²) in [6.07, 6.45) is 1.10. The van der Waals surface area contributed by atoms with Crippen LogP contribution in [0.2, 0.25) is 0 Å². The Kier molecular flexibility index (Phi) is 2.86.